The Bertz CT molecular complexity index is 1630. The normalized spacial score (nSPS) is 25.4. The quantitative estimate of drug-likeness (QED) is 0.280. The van der Waals surface area contributed by atoms with Crippen molar-refractivity contribution in [1.29, 1.82) is 0 Å². The van der Waals surface area contributed by atoms with Gasteiger partial charge < -0.3 is 20.0 Å². The van der Waals surface area contributed by atoms with E-state index in [2.05, 4.69) is 36.0 Å². The van der Waals surface area contributed by atoms with Crippen LogP contribution >= 0.6 is 35.0 Å². The number of nitrogens with one attached hydrogen (secondary N) is 1. The number of piperazine rings is 1. The number of nitrogens with zero attached hydrogens (tertiary/aromatic N) is 5. The first-order chi connectivity index (χ1) is 22.3. The standard InChI is InChI=1S/C35H43Cl2FN6O2S/c1-7-15-42(26(8-2)31(45)43-19-35(13-14-35)40-17-21(43)5)32(46)29-28(20(3)4)44-30(22-9-11-24(36)25(38)16-22)34(6,41-33(44)47-29)23-10-12-27(37)39-18-23/h9-12,16,18,20-21,26,30,40H,7-8,13-15,17,19H2,1-6H3/t21-,26-,30?,34-/m0/s1. The first kappa shape index (κ1) is 34.2. The summed E-state index contributed by atoms with van der Waals surface area (Å²) in [4.78, 5) is 45.0. The number of aliphatic imine (C=N–C) groups is 1. The van der Waals surface area contributed by atoms with Crippen molar-refractivity contribution in [3.8, 4) is 0 Å². The van der Waals surface area contributed by atoms with E-state index in [0.29, 0.717) is 46.7 Å². The van der Waals surface area contributed by atoms with Crippen molar-refractivity contribution in [3.63, 3.8) is 0 Å². The molecule has 1 saturated carbocycles. The molecule has 2 fully saturated rings. The molecule has 1 aromatic heterocycles. The number of carbonyl (C=O) groups excluding carboxylic acids is 2. The van der Waals surface area contributed by atoms with E-state index in [-0.39, 0.29) is 34.3 Å². The molecular weight excluding hydrogens is 658 g/mol. The lowest BCUT2D eigenvalue weighted by Crippen LogP contribution is -2.62. The lowest BCUT2D eigenvalue weighted by atomic mass is 9.81. The molecule has 1 saturated heterocycles. The summed E-state index contributed by atoms with van der Waals surface area (Å²) >= 11 is 13.6. The molecule has 1 unspecified atom stereocenters. The van der Waals surface area contributed by atoms with E-state index in [1.54, 1.807) is 23.2 Å². The number of hydrogen-bond acceptors (Lipinski definition) is 7. The number of hydrogen-bond donors (Lipinski definition) is 1. The molecule has 1 spiro atoms. The molecule has 1 aromatic carbocycles. The minimum absolute atomic E-state index is 0.0134. The van der Waals surface area contributed by atoms with Crippen molar-refractivity contribution in [2.24, 2.45) is 10.9 Å². The Kier molecular flexibility index (Phi) is 9.45. The van der Waals surface area contributed by atoms with Crippen LogP contribution in [0.5, 0.6) is 0 Å². The topological polar surface area (TPSA) is 81.1 Å². The van der Waals surface area contributed by atoms with E-state index in [4.69, 9.17) is 28.2 Å². The second-order valence-electron chi connectivity index (χ2n) is 13.7. The summed E-state index contributed by atoms with van der Waals surface area (Å²) in [5, 5.41) is 4.67. The SMILES string of the molecule is CCCN(C(=O)C1=C(C(C)C)N2C(=N[C@@](C)(c3ccc(Cl)nc3)C2c2ccc(Cl)c(F)c2)S1)[C@@H](CC)C(=O)N1CC2(CC2)NC[C@@H]1C. The first-order valence-electron chi connectivity index (χ1n) is 16.6. The second-order valence-corrected chi connectivity index (χ2v) is 15.5. The molecule has 2 aromatic rings. The lowest BCUT2D eigenvalue weighted by molar-refractivity contribution is -0.146. The predicted octanol–water partition coefficient (Wildman–Crippen LogP) is 7.14. The molecule has 252 valence electrons. The van der Waals surface area contributed by atoms with Gasteiger partial charge >= 0.3 is 0 Å². The number of rotatable bonds is 9. The number of amides is 2. The Hall–Kier alpha value is -2.66. The fraction of sp³-hybridized carbons (Fsp3) is 0.543. The Morgan fingerprint density at radius 2 is 1.94 bits per heavy atom. The number of thioether (sulfide) groups is 1. The number of aromatic nitrogens is 1. The average molecular weight is 702 g/mol. The second kappa shape index (κ2) is 13.0. The summed E-state index contributed by atoms with van der Waals surface area (Å²) in [6.45, 7) is 14.1. The Morgan fingerprint density at radius 3 is 2.53 bits per heavy atom. The van der Waals surface area contributed by atoms with Crippen molar-refractivity contribution in [3.05, 3.63) is 74.3 Å². The molecule has 0 bridgehead atoms. The van der Waals surface area contributed by atoms with Crippen molar-refractivity contribution < 1.29 is 14.0 Å². The van der Waals surface area contributed by atoms with Crippen LogP contribution < -0.4 is 5.32 Å². The summed E-state index contributed by atoms with van der Waals surface area (Å²) < 4.78 is 15.0. The fourth-order valence-corrected chi connectivity index (χ4v) is 8.87. The number of halogens is 3. The van der Waals surface area contributed by atoms with Gasteiger partial charge in [-0.25, -0.2) is 14.4 Å². The minimum atomic E-state index is -0.878. The van der Waals surface area contributed by atoms with Gasteiger partial charge in [-0.2, -0.15) is 0 Å². The summed E-state index contributed by atoms with van der Waals surface area (Å²) in [6.07, 6.45) is 5.07. The van der Waals surface area contributed by atoms with Gasteiger partial charge in [0.25, 0.3) is 5.91 Å². The van der Waals surface area contributed by atoms with Gasteiger partial charge in [0, 0.05) is 48.7 Å². The fourth-order valence-electron chi connectivity index (χ4n) is 7.27. The maximum atomic E-state index is 15.0. The molecule has 12 heteroatoms. The maximum absolute atomic E-state index is 15.0. The molecule has 2 amide bonds. The predicted molar refractivity (Wildman–Crippen MR) is 187 cm³/mol. The molecule has 4 aliphatic rings. The van der Waals surface area contributed by atoms with Crippen LogP contribution in [0.1, 0.15) is 84.4 Å². The van der Waals surface area contributed by atoms with Crippen LogP contribution in [0, 0.1) is 11.7 Å². The molecule has 6 rings (SSSR count). The largest absolute Gasteiger partial charge is 0.335 e. The van der Waals surface area contributed by atoms with Crippen LogP contribution in [0.2, 0.25) is 10.2 Å². The molecular formula is C35H43Cl2FN6O2S. The summed E-state index contributed by atoms with van der Waals surface area (Å²) in [7, 11) is 0. The van der Waals surface area contributed by atoms with E-state index < -0.39 is 23.4 Å². The van der Waals surface area contributed by atoms with Gasteiger partial charge in [-0.05, 0) is 81.0 Å². The zero-order chi connectivity index (χ0) is 33.8. The average Bonchev–Trinajstić information content (AvgIpc) is 3.60. The Morgan fingerprint density at radius 1 is 1.19 bits per heavy atom. The third-order valence-corrected chi connectivity index (χ3v) is 11.6. The van der Waals surface area contributed by atoms with Gasteiger partial charge in [-0.1, -0.05) is 63.0 Å². The molecule has 4 heterocycles. The van der Waals surface area contributed by atoms with Gasteiger partial charge in [-0.3, -0.25) is 9.59 Å². The first-order valence-corrected chi connectivity index (χ1v) is 18.2. The monoisotopic (exact) mass is 700 g/mol. The van der Waals surface area contributed by atoms with Gasteiger partial charge in [-0.15, -0.1) is 0 Å². The highest BCUT2D eigenvalue weighted by Crippen LogP contribution is 2.56. The summed E-state index contributed by atoms with van der Waals surface area (Å²) in [5.41, 5.74) is 1.44. The highest BCUT2D eigenvalue weighted by Gasteiger charge is 2.54. The van der Waals surface area contributed by atoms with Crippen molar-refractivity contribution in [2.45, 2.75) is 96.4 Å². The number of benzene rings is 1. The van der Waals surface area contributed by atoms with Crippen LogP contribution in [-0.4, -0.2) is 73.9 Å². The van der Waals surface area contributed by atoms with Gasteiger partial charge in [0.2, 0.25) is 5.91 Å². The van der Waals surface area contributed by atoms with Crippen LogP contribution in [0.15, 0.2) is 52.1 Å². The van der Waals surface area contributed by atoms with Crippen LogP contribution in [0.25, 0.3) is 0 Å². The van der Waals surface area contributed by atoms with Gasteiger partial charge in [0.05, 0.1) is 11.1 Å². The van der Waals surface area contributed by atoms with Crippen molar-refractivity contribution in [1.82, 2.24) is 25.0 Å². The highest BCUT2D eigenvalue weighted by atomic mass is 35.5. The summed E-state index contributed by atoms with van der Waals surface area (Å²) in [6, 6.07) is 7.41. The van der Waals surface area contributed by atoms with E-state index in [9.17, 15) is 9.59 Å². The van der Waals surface area contributed by atoms with Crippen molar-refractivity contribution in [2.75, 3.05) is 19.6 Å². The lowest BCUT2D eigenvalue weighted by Gasteiger charge is -2.43. The number of pyridine rings is 1. The number of amidine groups is 1. The van der Waals surface area contributed by atoms with Gasteiger partial charge in [0.15, 0.2) is 5.17 Å². The number of carbonyl (C=O) groups is 2. The smallest absolute Gasteiger partial charge is 0.263 e. The van der Waals surface area contributed by atoms with Crippen LogP contribution in [0.3, 0.4) is 0 Å². The van der Waals surface area contributed by atoms with Crippen molar-refractivity contribution >= 4 is 51.9 Å². The third-order valence-electron chi connectivity index (χ3n) is 10.0. The van der Waals surface area contributed by atoms with Gasteiger partial charge in [0.1, 0.15) is 27.5 Å². The van der Waals surface area contributed by atoms with E-state index in [1.807, 2.05) is 37.8 Å². The van der Waals surface area contributed by atoms with E-state index in [1.165, 1.54) is 17.8 Å². The summed E-state index contributed by atoms with van der Waals surface area (Å²) in [5.74, 6) is -0.764. The highest BCUT2D eigenvalue weighted by molar-refractivity contribution is 8.18. The number of allylic oxidation sites excluding steroid dienone is 1. The number of fused-ring (bicyclic) bond motifs is 1. The molecule has 8 nitrogen and oxygen atoms in total. The Labute approximate surface area is 291 Å². The molecule has 47 heavy (non-hydrogen) atoms. The molecule has 1 N–H and O–H groups in total. The van der Waals surface area contributed by atoms with Crippen LogP contribution in [0.4, 0.5) is 4.39 Å². The molecule has 3 aliphatic heterocycles. The minimum Gasteiger partial charge on any atom is -0.335 e. The maximum Gasteiger partial charge on any atom is 0.263 e. The Balaban J connectivity index is 1.41. The van der Waals surface area contributed by atoms with E-state index in [0.717, 1.165) is 30.6 Å². The van der Waals surface area contributed by atoms with E-state index >= 15 is 4.39 Å². The molecule has 4 atom stereocenters. The zero-order valence-electron chi connectivity index (χ0n) is 27.8. The molecule has 0 radical (unpaired) electrons. The molecule has 1 aliphatic carbocycles. The van der Waals surface area contributed by atoms with Crippen LogP contribution in [-0.2, 0) is 15.1 Å². The third kappa shape index (κ3) is 6.08. The zero-order valence-corrected chi connectivity index (χ0v) is 30.1.